The van der Waals surface area contributed by atoms with Crippen LogP contribution in [0.15, 0.2) is 42.6 Å². The number of nitrogens with zero attached hydrogens (tertiary/aromatic N) is 4. The Morgan fingerprint density at radius 3 is 2.38 bits per heavy atom. The van der Waals surface area contributed by atoms with Gasteiger partial charge in [-0.15, -0.1) is 0 Å². The van der Waals surface area contributed by atoms with Crippen molar-refractivity contribution in [1.29, 1.82) is 0 Å². The van der Waals surface area contributed by atoms with Gasteiger partial charge in [0.15, 0.2) is 5.69 Å². The molecule has 124 valence electrons. The molecule has 0 radical (unpaired) electrons. The lowest BCUT2D eigenvalue weighted by molar-refractivity contribution is 0.0594. The molecule has 2 atom stereocenters. The molecular weight excluding hydrogens is 304 g/mol. The van der Waals surface area contributed by atoms with Crippen LogP contribution in [0.2, 0.25) is 0 Å². The number of rotatable bonds is 3. The van der Waals surface area contributed by atoms with Gasteiger partial charge >= 0.3 is 5.97 Å². The first-order chi connectivity index (χ1) is 11.7. The first kappa shape index (κ1) is 14.9. The lowest BCUT2D eigenvalue weighted by atomic mass is 10.0. The maximum Gasteiger partial charge on any atom is 0.356 e. The second-order valence-electron chi connectivity index (χ2n) is 6.40. The smallest absolute Gasteiger partial charge is 0.356 e. The van der Waals surface area contributed by atoms with Crippen molar-refractivity contribution in [2.75, 3.05) is 43.1 Å². The summed E-state index contributed by atoms with van der Waals surface area (Å²) in [5.74, 6) is 1.41. The van der Waals surface area contributed by atoms with Crippen molar-refractivity contribution in [3.05, 3.63) is 48.3 Å². The van der Waals surface area contributed by atoms with E-state index in [1.807, 2.05) is 6.07 Å². The van der Waals surface area contributed by atoms with Gasteiger partial charge in [0.1, 0.15) is 0 Å². The topological polar surface area (TPSA) is 58.6 Å². The second-order valence-corrected chi connectivity index (χ2v) is 6.40. The van der Waals surface area contributed by atoms with Crippen LogP contribution in [0.3, 0.4) is 0 Å². The predicted molar refractivity (Wildman–Crippen MR) is 91.2 cm³/mol. The van der Waals surface area contributed by atoms with Crippen molar-refractivity contribution < 1.29 is 9.53 Å². The Kier molecular flexibility index (Phi) is 3.80. The van der Waals surface area contributed by atoms with Crippen LogP contribution in [0.1, 0.15) is 10.5 Å². The van der Waals surface area contributed by atoms with E-state index in [0.717, 1.165) is 26.2 Å². The van der Waals surface area contributed by atoms with Crippen LogP contribution in [0.4, 0.5) is 11.6 Å². The lowest BCUT2D eigenvalue weighted by Gasteiger charge is -2.23. The summed E-state index contributed by atoms with van der Waals surface area (Å²) in [5, 5.41) is 0. The van der Waals surface area contributed by atoms with Gasteiger partial charge in [0.2, 0.25) is 5.95 Å². The Balaban J connectivity index is 1.45. The monoisotopic (exact) mass is 324 g/mol. The van der Waals surface area contributed by atoms with Crippen LogP contribution in [0.5, 0.6) is 0 Å². The van der Waals surface area contributed by atoms with Crippen molar-refractivity contribution in [2.24, 2.45) is 11.8 Å². The highest BCUT2D eigenvalue weighted by molar-refractivity contribution is 5.87. The number of ether oxygens (including phenoxy) is 1. The van der Waals surface area contributed by atoms with Gasteiger partial charge < -0.3 is 14.5 Å². The number of hydrogen-bond donors (Lipinski definition) is 0. The molecule has 0 spiro atoms. The molecule has 2 fully saturated rings. The fourth-order valence-electron chi connectivity index (χ4n) is 3.73. The Morgan fingerprint density at radius 2 is 1.71 bits per heavy atom. The number of methoxy groups -OCH3 is 1. The van der Waals surface area contributed by atoms with E-state index in [1.54, 1.807) is 12.3 Å². The molecule has 2 aliphatic rings. The molecule has 24 heavy (non-hydrogen) atoms. The molecule has 2 saturated heterocycles. The summed E-state index contributed by atoms with van der Waals surface area (Å²) in [7, 11) is 1.36. The quantitative estimate of drug-likeness (QED) is 0.803. The Labute approximate surface area is 141 Å². The number of fused-ring (bicyclic) bond motifs is 1. The van der Waals surface area contributed by atoms with Gasteiger partial charge in [0.05, 0.1) is 7.11 Å². The average Bonchev–Trinajstić information content (AvgIpc) is 3.21. The summed E-state index contributed by atoms with van der Waals surface area (Å²) >= 11 is 0. The minimum absolute atomic E-state index is 0.311. The van der Waals surface area contributed by atoms with Gasteiger partial charge in [0, 0.05) is 49.9 Å². The van der Waals surface area contributed by atoms with Gasteiger partial charge in [-0.2, -0.15) is 0 Å². The molecule has 2 unspecified atom stereocenters. The number of esters is 1. The Hall–Kier alpha value is -2.63. The molecule has 0 aliphatic carbocycles. The molecule has 6 heteroatoms. The third-order valence-corrected chi connectivity index (χ3v) is 4.93. The maximum atomic E-state index is 11.6. The summed E-state index contributed by atoms with van der Waals surface area (Å²) in [5.41, 5.74) is 1.60. The van der Waals surface area contributed by atoms with E-state index >= 15 is 0 Å². The fourth-order valence-corrected chi connectivity index (χ4v) is 3.73. The molecular formula is C18H20N4O2. The van der Waals surface area contributed by atoms with Gasteiger partial charge in [-0.05, 0) is 18.2 Å². The number of hydrogen-bond acceptors (Lipinski definition) is 6. The molecule has 0 bridgehead atoms. The highest BCUT2D eigenvalue weighted by Gasteiger charge is 2.40. The summed E-state index contributed by atoms with van der Waals surface area (Å²) in [6, 6.07) is 12.1. The van der Waals surface area contributed by atoms with Gasteiger partial charge in [-0.25, -0.2) is 14.8 Å². The van der Waals surface area contributed by atoms with Crippen molar-refractivity contribution >= 4 is 17.6 Å². The fraction of sp³-hybridized carbons (Fsp3) is 0.389. The number of carbonyl (C=O) groups is 1. The van der Waals surface area contributed by atoms with E-state index in [-0.39, 0.29) is 0 Å². The predicted octanol–water partition coefficient (Wildman–Crippen LogP) is 1.84. The third kappa shape index (κ3) is 2.68. The molecule has 2 aromatic rings. The molecule has 4 rings (SSSR count). The van der Waals surface area contributed by atoms with Crippen molar-refractivity contribution in [3.63, 3.8) is 0 Å². The van der Waals surface area contributed by atoms with Crippen LogP contribution in [0, 0.1) is 11.8 Å². The Bertz CT molecular complexity index is 723. The highest BCUT2D eigenvalue weighted by atomic mass is 16.5. The number of anilines is 2. The minimum Gasteiger partial charge on any atom is -0.464 e. The summed E-state index contributed by atoms with van der Waals surface area (Å²) in [6.07, 6.45) is 1.62. The SMILES string of the molecule is COC(=O)c1ccnc(N2CC3CN(c4ccccc4)CC3C2)n1. The van der Waals surface area contributed by atoms with Crippen LogP contribution < -0.4 is 9.80 Å². The van der Waals surface area contributed by atoms with Crippen LogP contribution in [0.25, 0.3) is 0 Å². The molecule has 1 aromatic carbocycles. The number of benzene rings is 1. The van der Waals surface area contributed by atoms with Crippen molar-refractivity contribution in [1.82, 2.24) is 9.97 Å². The van der Waals surface area contributed by atoms with Crippen LogP contribution in [-0.2, 0) is 4.74 Å². The van der Waals surface area contributed by atoms with E-state index < -0.39 is 5.97 Å². The first-order valence-electron chi connectivity index (χ1n) is 8.21. The van der Waals surface area contributed by atoms with Gasteiger partial charge in [-0.3, -0.25) is 0 Å². The van der Waals surface area contributed by atoms with E-state index in [9.17, 15) is 4.79 Å². The lowest BCUT2D eigenvalue weighted by Crippen LogP contribution is -2.30. The van der Waals surface area contributed by atoms with Crippen molar-refractivity contribution in [2.45, 2.75) is 0 Å². The van der Waals surface area contributed by atoms with Crippen LogP contribution in [-0.4, -0.2) is 49.2 Å². The largest absolute Gasteiger partial charge is 0.464 e. The van der Waals surface area contributed by atoms with Gasteiger partial charge in [-0.1, -0.05) is 18.2 Å². The zero-order valence-corrected chi connectivity index (χ0v) is 13.6. The normalized spacial score (nSPS) is 22.5. The van der Waals surface area contributed by atoms with E-state index in [4.69, 9.17) is 4.74 Å². The van der Waals surface area contributed by atoms with E-state index in [2.05, 4.69) is 44.0 Å². The highest BCUT2D eigenvalue weighted by Crippen LogP contribution is 2.35. The third-order valence-electron chi connectivity index (χ3n) is 4.93. The molecule has 0 N–H and O–H groups in total. The number of carbonyl (C=O) groups excluding carboxylic acids is 1. The zero-order chi connectivity index (χ0) is 16.5. The maximum absolute atomic E-state index is 11.6. The van der Waals surface area contributed by atoms with Crippen molar-refractivity contribution in [3.8, 4) is 0 Å². The first-order valence-corrected chi connectivity index (χ1v) is 8.21. The number of para-hydroxylation sites is 1. The van der Waals surface area contributed by atoms with E-state index in [1.165, 1.54) is 12.8 Å². The molecule has 6 nitrogen and oxygen atoms in total. The summed E-state index contributed by atoms with van der Waals surface area (Å²) in [6.45, 7) is 3.97. The average molecular weight is 324 g/mol. The summed E-state index contributed by atoms with van der Waals surface area (Å²) < 4.78 is 4.74. The minimum atomic E-state index is -0.423. The number of aromatic nitrogens is 2. The molecule has 0 amide bonds. The molecule has 2 aliphatic heterocycles. The standard InChI is InChI=1S/C18H20N4O2/c1-24-17(23)16-7-8-19-18(20-16)22-11-13-9-21(10-14(13)12-22)15-5-3-2-4-6-15/h2-8,13-14H,9-12H2,1H3. The van der Waals surface area contributed by atoms with Crippen LogP contribution >= 0.6 is 0 Å². The zero-order valence-electron chi connectivity index (χ0n) is 13.6. The van der Waals surface area contributed by atoms with Gasteiger partial charge in [0.25, 0.3) is 0 Å². The molecule has 3 heterocycles. The van der Waals surface area contributed by atoms with E-state index in [0.29, 0.717) is 23.5 Å². The molecule has 0 saturated carbocycles. The summed E-state index contributed by atoms with van der Waals surface area (Å²) in [4.78, 5) is 25.0. The molecule has 1 aromatic heterocycles. The second kappa shape index (κ2) is 6.11. The Morgan fingerprint density at radius 1 is 1.04 bits per heavy atom.